The minimum absolute atomic E-state index is 0.291. The molecule has 2 N–H and O–H groups in total. The van der Waals surface area contributed by atoms with Gasteiger partial charge in [-0.2, -0.15) is 4.31 Å². The van der Waals surface area contributed by atoms with Gasteiger partial charge in [-0.05, 0) is 55.3 Å². The van der Waals surface area contributed by atoms with Crippen molar-refractivity contribution in [3.63, 3.8) is 0 Å². The maximum atomic E-state index is 12.5. The molecule has 1 aromatic carbocycles. The molecule has 0 saturated carbocycles. The lowest BCUT2D eigenvalue weighted by Crippen LogP contribution is -2.47. The number of anilines is 3. The van der Waals surface area contributed by atoms with Crippen molar-refractivity contribution in [2.75, 3.05) is 61.2 Å². The first-order valence-electron chi connectivity index (χ1n) is 14.7. The highest BCUT2D eigenvalue weighted by molar-refractivity contribution is 7.88. The number of nitrogens with one attached hydrogen (secondary N) is 2. The van der Waals surface area contributed by atoms with Crippen LogP contribution in [-0.2, 0) is 21.3 Å². The second kappa shape index (κ2) is 12.0. The Morgan fingerprint density at radius 2 is 1.61 bits per heavy atom. The number of benzene rings is 1. The van der Waals surface area contributed by atoms with Gasteiger partial charge in [-0.15, -0.1) is 11.3 Å². The predicted molar refractivity (Wildman–Crippen MR) is 172 cm³/mol. The van der Waals surface area contributed by atoms with Crippen LogP contribution in [0, 0.1) is 0 Å². The summed E-state index contributed by atoms with van der Waals surface area (Å²) in [6.45, 7) is 4.54. The molecule has 3 saturated heterocycles. The molecule has 2 unspecified atom stereocenters. The molecule has 12 nitrogen and oxygen atoms in total. The van der Waals surface area contributed by atoms with E-state index < -0.39 is 10.0 Å². The Balaban J connectivity index is 1.15. The van der Waals surface area contributed by atoms with Gasteiger partial charge in [-0.1, -0.05) is 0 Å². The minimum Gasteiger partial charge on any atom is -0.377 e. The Morgan fingerprint density at radius 1 is 0.955 bits per heavy atom. The number of carbonyl (C=O) groups is 1. The Hall–Kier alpha value is -3.69. The van der Waals surface area contributed by atoms with Crippen molar-refractivity contribution in [2.45, 2.75) is 31.5 Å². The van der Waals surface area contributed by atoms with Crippen LogP contribution in [0.15, 0.2) is 54.9 Å². The molecular formula is C30H34N8O4S2. The molecule has 7 rings (SSSR count). The minimum atomic E-state index is -3.17. The van der Waals surface area contributed by atoms with Crippen LogP contribution in [-0.4, -0.2) is 96.3 Å². The van der Waals surface area contributed by atoms with Crippen LogP contribution in [0.4, 0.5) is 22.0 Å². The van der Waals surface area contributed by atoms with Crippen molar-refractivity contribution < 1.29 is 17.9 Å². The van der Waals surface area contributed by atoms with Crippen molar-refractivity contribution >= 4 is 54.8 Å². The molecule has 0 radical (unpaired) electrons. The van der Waals surface area contributed by atoms with Crippen molar-refractivity contribution in [1.29, 1.82) is 0 Å². The van der Waals surface area contributed by atoms with Crippen LogP contribution in [0.2, 0.25) is 0 Å². The zero-order chi connectivity index (χ0) is 30.3. The van der Waals surface area contributed by atoms with Gasteiger partial charge in [0.1, 0.15) is 0 Å². The van der Waals surface area contributed by atoms with Crippen LogP contribution >= 0.6 is 11.3 Å². The first kappa shape index (κ1) is 29.0. The van der Waals surface area contributed by atoms with Gasteiger partial charge in [0, 0.05) is 66.9 Å². The van der Waals surface area contributed by atoms with E-state index in [1.165, 1.54) is 11.1 Å². The smallest absolute Gasteiger partial charge is 0.323 e. The van der Waals surface area contributed by atoms with Crippen LogP contribution in [0.3, 0.4) is 0 Å². The topological polar surface area (TPSA) is 133 Å². The molecule has 0 aliphatic carbocycles. The van der Waals surface area contributed by atoms with Crippen molar-refractivity contribution in [3.05, 3.63) is 59.7 Å². The predicted octanol–water partition coefficient (Wildman–Crippen LogP) is 3.84. The van der Waals surface area contributed by atoms with Gasteiger partial charge in [-0.25, -0.2) is 23.2 Å². The maximum absolute atomic E-state index is 12.5. The van der Waals surface area contributed by atoms with Crippen molar-refractivity contribution in [1.82, 2.24) is 24.2 Å². The standard InChI is InChI=1S/C30H34N8O4S2/c1-44(40,41)37-14-12-36(13-15-37)17-25-16-26-27(43-25)29(38-23-6-7-24(38)19-42-18-23)35-28(34-26)20-2-4-21(5-3-20)32-30(39)33-22-8-10-31-11-9-22/h2-5,8-11,16,23-24H,6-7,12-15,17-19H2,1H3,(H2,31,32,33,39). The van der Waals surface area contributed by atoms with E-state index in [4.69, 9.17) is 14.7 Å². The number of urea groups is 1. The molecule has 3 aromatic heterocycles. The van der Waals surface area contributed by atoms with Crippen LogP contribution in [0.25, 0.3) is 21.6 Å². The van der Waals surface area contributed by atoms with Gasteiger partial charge in [-0.3, -0.25) is 9.88 Å². The molecule has 4 aromatic rings. The third-order valence-corrected chi connectivity index (χ3v) is 10.8. The van der Waals surface area contributed by atoms with E-state index in [1.807, 2.05) is 24.3 Å². The fraction of sp³-hybridized carbons (Fsp3) is 0.400. The number of thiophene rings is 1. The van der Waals surface area contributed by atoms with Gasteiger partial charge < -0.3 is 20.3 Å². The molecule has 3 fully saturated rings. The summed E-state index contributed by atoms with van der Waals surface area (Å²) in [6.07, 6.45) is 6.68. The monoisotopic (exact) mass is 634 g/mol. The van der Waals surface area contributed by atoms with Crippen LogP contribution in [0.5, 0.6) is 0 Å². The van der Waals surface area contributed by atoms with E-state index in [1.54, 1.807) is 40.2 Å². The average Bonchev–Trinajstić information content (AvgIpc) is 3.53. The molecule has 230 valence electrons. The summed E-state index contributed by atoms with van der Waals surface area (Å²) in [5.74, 6) is 1.59. The quantitative estimate of drug-likeness (QED) is 0.311. The fourth-order valence-corrected chi connectivity index (χ4v) is 8.15. The highest BCUT2D eigenvalue weighted by atomic mass is 32.2. The third kappa shape index (κ3) is 6.13. The summed E-state index contributed by atoms with van der Waals surface area (Å²) >= 11 is 1.72. The molecule has 44 heavy (non-hydrogen) atoms. The number of morpholine rings is 1. The van der Waals surface area contributed by atoms with E-state index in [0.717, 1.165) is 41.0 Å². The lowest BCUT2D eigenvalue weighted by Gasteiger charge is -2.36. The summed E-state index contributed by atoms with van der Waals surface area (Å²) in [5, 5.41) is 5.65. The summed E-state index contributed by atoms with van der Waals surface area (Å²) in [4.78, 5) is 32.5. The SMILES string of the molecule is CS(=O)(=O)N1CCN(Cc2cc3nc(-c4ccc(NC(=O)Nc5ccncc5)cc4)nc(N4C5CCC4COC5)c3s2)CC1. The molecule has 6 heterocycles. The van der Waals surface area contributed by atoms with E-state index >= 15 is 0 Å². The molecule has 2 bridgehead atoms. The van der Waals surface area contributed by atoms with E-state index in [0.29, 0.717) is 68.7 Å². The Labute approximate surface area is 260 Å². The van der Waals surface area contributed by atoms with Crippen molar-refractivity contribution in [3.8, 4) is 11.4 Å². The van der Waals surface area contributed by atoms with Crippen molar-refractivity contribution in [2.24, 2.45) is 0 Å². The number of sulfonamides is 1. The molecule has 3 aliphatic heterocycles. The number of ether oxygens (including phenoxy) is 1. The molecule has 0 spiro atoms. The number of fused-ring (bicyclic) bond motifs is 3. The number of amides is 2. The van der Waals surface area contributed by atoms with E-state index in [-0.39, 0.29) is 6.03 Å². The number of aromatic nitrogens is 3. The largest absolute Gasteiger partial charge is 0.377 e. The van der Waals surface area contributed by atoms with Crippen LogP contribution in [0.1, 0.15) is 17.7 Å². The second-order valence-electron chi connectivity index (χ2n) is 11.5. The zero-order valence-corrected chi connectivity index (χ0v) is 26.0. The Morgan fingerprint density at radius 3 is 2.27 bits per heavy atom. The van der Waals surface area contributed by atoms with E-state index in [2.05, 4.69) is 31.5 Å². The highest BCUT2D eigenvalue weighted by Gasteiger charge is 2.39. The van der Waals surface area contributed by atoms with E-state index in [9.17, 15) is 13.2 Å². The number of carbonyl (C=O) groups excluding carboxylic acids is 1. The summed E-state index contributed by atoms with van der Waals surface area (Å²) in [6, 6.07) is 13.4. The number of pyridine rings is 1. The summed E-state index contributed by atoms with van der Waals surface area (Å²) < 4.78 is 32.4. The second-order valence-corrected chi connectivity index (χ2v) is 14.6. The summed E-state index contributed by atoms with van der Waals surface area (Å²) in [7, 11) is -3.17. The third-order valence-electron chi connectivity index (χ3n) is 8.41. The van der Waals surface area contributed by atoms with Gasteiger partial charge >= 0.3 is 6.03 Å². The number of rotatable bonds is 7. The van der Waals surface area contributed by atoms with Gasteiger partial charge in [0.15, 0.2) is 11.6 Å². The van der Waals surface area contributed by atoms with Gasteiger partial charge in [0.05, 0.1) is 41.8 Å². The molecule has 3 aliphatic rings. The van der Waals surface area contributed by atoms with Crippen LogP contribution < -0.4 is 15.5 Å². The fourth-order valence-electron chi connectivity index (χ4n) is 6.19. The number of piperazine rings is 1. The first-order chi connectivity index (χ1) is 21.3. The number of nitrogens with zero attached hydrogens (tertiary/aromatic N) is 6. The normalized spacial score (nSPS) is 21.1. The number of hydrogen-bond donors (Lipinski definition) is 2. The maximum Gasteiger partial charge on any atom is 0.323 e. The molecule has 14 heteroatoms. The molecular weight excluding hydrogens is 601 g/mol. The average molecular weight is 635 g/mol. The first-order valence-corrected chi connectivity index (χ1v) is 17.4. The zero-order valence-electron chi connectivity index (χ0n) is 24.3. The molecule has 2 atom stereocenters. The lowest BCUT2D eigenvalue weighted by atomic mass is 10.2. The van der Waals surface area contributed by atoms with Gasteiger partial charge in [0.2, 0.25) is 10.0 Å². The van der Waals surface area contributed by atoms with Gasteiger partial charge in [0.25, 0.3) is 0 Å². The highest BCUT2D eigenvalue weighted by Crippen LogP contribution is 2.41. The summed E-state index contributed by atoms with van der Waals surface area (Å²) in [5.41, 5.74) is 3.08. The molecule has 2 amide bonds. The lowest BCUT2D eigenvalue weighted by molar-refractivity contribution is 0.0904. The Kier molecular flexibility index (Phi) is 7.93. The Bertz CT molecular complexity index is 1740. The number of hydrogen-bond acceptors (Lipinski definition) is 10.